The predicted octanol–water partition coefficient (Wildman–Crippen LogP) is 3.15. The maximum absolute atomic E-state index is 12.9. The fourth-order valence-corrected chi connectivity index (χ4v) is 2.30. The Morgan fingerprint density at radius 1 is 1.04 bits per heavy atom. The van der Waals surface area contributed by atoms with Crippen molar-refractivity contribution in [3.05, 3.63) is 23.8 Å². The van der Waals surface area contributed by atoms with Gasteiger partial charge in [-0.15, -0.1) is 0 Å². The highest BCUT2D eigenvalue weighted by Crippen LogP contribution is 2.23. The van der Waals surface area contributed by atoms with E-state index in [4.69, 9.17) is 14.2 Å². The lowest BCUT2D eigenvalue weighted by Gasteiger charge is -2.24. The van der Waals surface area contributed by atoms with Crippen molar-refractivity contribution < 1.29 is 23.8 Å². The van der Waals surface area contributed by atoms with Crippen molar-refractivity contribution in [3.8, 4) is 11.5 Å². The van der Waals surface area contributed by atoms with Gasteiger partial charge in [0.2, 0.25) is 0 Å². The average molecular weight is 351 g/mol. The molecule has 0 aromatic heterocycles. The van der Waals surface area contributed by atoms with E-state index in [-0.39, 0.29) is 18.3 Å². The molecule has 6 nitrogen and oxygen atoms in total. The molecule has 0 saturated heterocycles. The van der Waals surface area contributed by atoms with E-state index in [1.54, 1.807) is 44.2 Å². The molecule has 0 spiro atoms. The van der Waals surface area contributed by atoms with Crippen LogP contribution in [0.4, 0.5) is 0 Å². The first-order valence-corrected chi connectivity index (χ1v) is 8.59. The standard InChI is InChI=1S/C19H29NO5/c1-6-25-18(21)8-10-20(9-7-14(2)3)19(22)15-11-16(23-4)13-17(12-15)24-5/h11-14H,6-10H2,1-5H3. The van der Waals surface area contributed by atoms with Gasteiger partial charge in [0.05, 0.1) is 27.2 Å². The molecule has 0 unspecified atom stereocenters. The Morgan fingerprint density at radius 3 is 2.12 bits per heavy atom. The molecule has 6 heteroatoms. The quantitative estimate of drug-likeness (QED) is 0.606. The number of amides is 1. The topological polar surface area (TPSA) is 65.1 Å². The molecule has 0 bridgehead atoms. The fraction of sp³-hybridized carbons (Fsp3) is 0.579. The molecule has 0 aliphatic carbocycles. The fourth-order valence-electron chi connectivity index (χ4n) is 2.30. The Kier molecular flexibility index (Phi) is 8.81. The van der Waals surface area contributed by atoms with Crippen LogP contribution in [0.3, 0.4) is 0 Å². The van der Waals surface area contributed by atoms with E-state index in [2.05, 4.69) is 13.8 Å². The minimum absolute atomic E-state index is 0.151. The van der Waals surface area contributed by atoms with Crippen LogP contribution in [0, 0.1) is 5.92 Å². The van der Waals surface area contributed by atoms with Crippen LogP contribution >= 0.6 is 0 Å². The largest absolute Gasteiger partial charge is 0.497 e. The molecule has 25 heavy (non-hydrogen) atoms. The molecule has 0 saturated carbocycles. The zero-order valence-corrected chi connectivity index (χ0v) is 15.8. The number of hydrogen-bond acceptors (Lipinski definition) is 5. The summed E-state index contributed by atoms with van der Waals surface area (Å²) < 4.78 is 15.4. The van der Waals surface area contributed by atoms with Crippen molar-refractivity contribution in [1.29, 1.82) is 0 Å². The minimum Gasteiger partial charge on any atom is -0.497 e. The molecule has 140 valence electrons. The number of carbonyl (C=O) groups excluding carboxylic acids is 2. The Morgan fingerprint density at radius 2 is 1.64 bits per heavy atom. The van der Waals surface area contributed by atoms with Gasteiger partial charge in [-0.05, 0) is 31.4 Å². The second-order valence-corrected chi connectivity index (χ2v) is 6.13. The van der Waals surface area contributed by atoms with Crippen molar-refractivity contribution in [2.45, 2.75) is 33.6 Å². The van der Waals surface area contributed by atoms with E-state index in [0.717, 1.165) is 6.42 Å². The van der Waals surface area contributed by atoms with Gasteiger partial charge >= 0.3 is 5.97 Å². The number of hydrogen-bond donors (Lipinski definition) is 0. The molecular formula is C19H29NO5. The van der Waals surface area contributed by atoms with Gasteiger partial charge in [-0.25, -0.2) is 0 Å². The number of nitrogens with zero attached hydrogens (tertiary/aromatic N) is 1. The van der Waals surface area contributed by atoms with Crippen molar-refractivity contribution in [1.82, 2.24) is 4.90 Å². The second-order valence-electron chi connectivity index (χ2n) is 6.13. The zero-order chi connectivity index (χ0) is 18.8. The van der Waals surface area contributed by atoms with Crippen LogP contribution in [0.5, 0.6) is 11.5 Å². The lowest BCUT2D eigenvalue weighted by atomic mass is 10.1. The third kappa shape index (κ3) is 7.03. The highest BCUT2D eigenvalue weighted by molar-refractivity contribution is 5.95. The molecule has 0 fully saturated rings. The molecule has 0 aliphatic heterocycles. The van der Waals surface area contributed by atoms with Crippen molar-refractivity contribution in [2.75, 3.05) is 33.9 Å². The molecule has 1 aromatic rings. The lowest BCUT2D eigenvalue weighted by molar-refractivity contribution is -0.143. The van der Waals surface area contributed by atoms with Gasteiger partial charge in [-0.3, -0.25) is 9.59 Å². The predicted molar refractivity (Wildman–Crippen MR) is 96.2 cm³/mol. The molecule has 0 N–H and O–H groups in total. The van der Waals surface area contributed by atoms with Crippen LogP contribution in [0.2, 0.25) is 0 Å². The lowest BCUT2D eigenvalue weighted by Crippen LogP contribution is -2.34. The van der Waals surface area contributed by atoms with Crippen LogP contribution in [0.1, 0.15) is 44.0 Å². The summed E-state index contributed by atoms with van der Waals surface area (Å²) in [6.07, 6.45) is 1.04. The molecule has 1 rings (SSSR count). The van der Waals surface area contributed by atoms with Gasteiger partial charge in [0.25, 0.3) is 5.91 Å². The number of esters is 1. The summed E-state index contributed by atoms with van der Waals surface area (Å²) in [6, 6.07) is 5.07. The maximum Gasteiger partial charge on any atom is 0.307 e. The van der Waals surface area contributed by atoms with Gasteiger partial charge in [-0.2, -0.15) is 0 Å². The van der Waals surface area contributed by atoms with Crippen molar-refractivity contribution in [2.24, 2.45) is 5.92 Å². The van der Waals surface area contributed by atoms with Gasteiger partial charge in [0.1, 0.15) is 11.5 Å². The number of carbonyl (C=O) groups is 2. The summed E-state index contributed by atoms with van der Waals surface area (Å²) in [7, 11) is 3.08. The number of rotatable bonds is 10. The Balaban J connectivity index is 2.95. The van der Waals surface area contributed by atoms with Gasteiger partial charge in [0, 0.05) is 24.7 Å². The highest BCUT2D eigenvalue weighted by atomic mass is 16.5. The normalized spacial score (nSPS) is 10.5. The molecule has 0 aliphatic rings. The molecule has 0 radical (unpaired) electrons. The third-order valence-corrected chi connectivity index (χ3v) is 3.75. The molecule has 0 heterocycles. The summed E-state index contributed by atoms with van der Waals surface area (Å²) in [4.78, 5) is 26.3. The minimum atomic E-state index is -0.298. The van der Waals surface area contributed by atoms with E-state index in [9.17, 15) is 9.59 Å². The Hall–Kier alpha value is -2.24. The smallest absolute Gasteiger partial charge is 0.307 e. The van der Waals surface area contributed by atoms with E-state index < -0.39 is 0 Å². The zero-order valence-electron chi connectivity index (χ0n) is 15.8. The van der Waals surface area contributed by atoms with Crippen LogP contribution < -0.4 is 9.47 Å². The van der Waals surface area contributed by atoms with Gasteiger partial charge in [-0.1, -0.05) is 13.8 Å². The summed E-state index contributed by atoms with van der Waals surface area (Å²) in [5.74, 6) is 1.11. The molecule has 1 aromatic carbocycles. The average Bonchev–Trinajstić information content (AvgIpc) is 2.60. The summed E-state index contributed by atoms with van der Waals surface area (Å²) >= 11 is 0. The number of ether oxygens (including phenoxy) is 3. The number of benzene rings is 1. The first kappa shape index (κ1) is 20.8. The van der Waals surface area contributed by atoms with Gasteiger partial charge in [0.15, 0.2) is 0 Å². The monoisotopic (exact) mass is 351 g/mol. The Labute approximate surface area is 150 Å². The molecule has 0 atom stereocenters. The van der Waals surface area contributed by atoms with E-state index in [1.165, 1.54) is 0 Å². The third-order valence-electron chi connectivity index (χ3n) is 3.75. The van der Waals surface area contributed by atoms with Crippen LogP contribution in [0.25, 0.3) is 0 Å². The number of methoxy groups -OCH3 is 2. The highest BCUT2D eigenvalue weighted by Gasteiger charge is 2.19. The molecule has 1 amide bonds. The van der Waals surface area contributed by atoms with Crippen LogP contribution in [0.15, 0.2) is 18.2 Å². The van der Waals surface area contributed by atoms with Crippen LogP contribution in [-0.4, -0.2) is 50.7 Å². The SMILES string of the molecule is CCOC(=O)CCN(CCC(C)C)C(=O)c1cc(OC)cc(OC)c1. The van der Waals surface area contributed by atoms with Gasteiger partial charge < -0.3 is 19.1 Å². The van der Waals surface area contributed by atoms with Crippen molar-refractivity contribution in [3.63, 3.8) is 0 Å². The van der Waals surface area contributed by atoms with E-state index in [0.29, 0.717) is 42.7 Å². The first-order valence-electron chi connectivity index (χ1n) is 8.59. The maximum atomic E-state index is 12.9. The summed E-state index contributed by atoms with van der Waals surface area (Å²) in [6.45, 7) is 7.21. The van der Waals surface area contributed by atoms with Crippen LogP contribution in [-0.2, 0) is 9.53 Å². The summed E-state index contributed by atoms with van der Waals surface area (Å²) in [5, 5.41) is 0. The van der Waals surface area contributed by atoms with Crippen molar-refractivity contribution >= 4 is 11.9 Å². The summed E-state index contributed by atoms with van der Waals surface area (Å²) in [5.41, 5.74) is 0.476. The second kappa shape index (κ2) is 10.6. The van der Waals surface area contributed by atoms with E-state index >= 15 is 0 Å². The van der Waals surface area contributed by atoms with E-state index in [1.807, 2.05) is 0 Å². The Bertz CT molecular complexity index is 549. The molecular weight excluding hydrogens is 322 g/mol. The first-order chi connectivity index (χ1) is 11.9.